The van der Waals surface area contributed by atoms with Gasteiger partial charge in [0, 0.05) is 30.7 Å². The molecule has 7 nitrogen and oxygen atoms in total. The van der Waals surface area contributed by atoms with Crippen LogP contribution in [0.2, 0.25) is 0 Å². The Bertz CT molecular complexity index is 789. The molecule has 3 atom stereocenters. The predicted octanol–water partition coefficient (Wildman–Crippen LogP) is 1.46. The van der Waals surface area contributed by atoms with Gasteiger partial charge in [0.25, 0.3) is 11.8 Å². The third-order valence-corrected chi connectivity index (χ3v) is 5.22. The summed E-state index contributed by atoms with van der Waals surface area (Å²) in [7, 11) is 1.65. The molecular weight excluding hydrogens is 334 g/mol. The van der Waals surface area contributed by atoms with Crippen LogP contribution in [0.5, 0.6) is 0 Å². The van der Waals surface area contributed by atoms with Crippen LogP contribution >= 0.6 is 0 Å². The van der Waals surface area contributed by atoms with E-state index < -0.39 is 5.97 Å². The summed E-state index contributed by atoms with van der Waals surface area (Å²) in [6.45, 7) is 4.32. The van der Waals surface area contributed by atoms with Crippen molar-refractivity contribution in [2.45, 2.75) is 32.4 Å². The average Bonchev–Trinajstić information content (AvgIpc) is 2.89. The first-order valence-corrected chi connectivity index (χ1v) is 8.66. The van der Waals surface area contributed by atoms with Crippen molar-refractivity contribution < 1.29 is 19.5 Å². The molecule has 2 aliphatic rings. The highest BCUT2D eigenvalue weighted by molar-refractivity contribution is 6.19. The summed E-state index contributed by atoms with van der Waals surface area (Å²) in [6.07, 6.45) is 2.56. The molecular formula is C19H23N3O4. The molecule has 2 heterocycles. The van der Waals surface area contributed by atoms with Gasteiger partial charge in [-0.25, -0.2) is 4.79 Å². The monoisotopic (exact) mass is 357 g/mol. The molecule has 2 fully saturated rings. The summed E-state index contributed by atoms with van der Waals surface area (Å²) in [6, 6.07) is 7.05. The van der Waals surface area contributed by atoms with Crippen LogP contribution < -0.4 is 10.2 Å². The molecule has 0 aliphatic carbocycles. The second kappa shape index (κ2) is 6.82. The van der Waals surface area contributed by atoms with Gasteiger partial charge in [-0.05, 0) is 38.5 Å². The van der Waals surface area contributed by atoms with Crippen molar-refractivity contribution >= 4 is 23.5 Å². The van der Waals surface area contributed by atoms with Crippen LogP contribution in [0.1, 0.15) is 30.6 Å². The van der Waals surface area contributed by atoms with Crippen LogP contribution in [0, 0.1) is 5.92 Å². The largest absolute Gasteiger partial charge is 0.478 e. The Morgan fingerprint density at radius 3 is 2.73 bits per heavy atom. The molecule has 1 aromatic carbocycles. The molecule has 0 bridgehead atoms. The molecule has 26 heavy (non-hydrogen) atoms. The van der Waals surface area contributed by atoms with E-state index in [9.17, 15) is 19.5 Å². The van der Waals surface area contributed by atoms with Crippen LogP contribution in [0.15, 0.2) is 35.9 Å². The molecule has 0 aromatic heterocycles. The topological polar surface area (TPSA) is 90.0 Å². The molecule has 0 saturated carbocycles. The zero-order valence-corrected chi connectivity index (χ0v) is 15.1. The maximum atomic E-state index is 12.3. The number of carbonyl (C=O) groups excluding carboxylic acids is 2. The second-order valence-electron chi connectivity index (χ2n) is 7.00. The van der Waals surface area contributed by atoms with E-state index in [2.05, 4.69) is 17.1 Å². The number of anilines is 1. The maximum Gasteiger partial charge on any atom is 0.335 e. The maximum absolute atomic E-state index is 12.3. The van der Waals surface area contributed by atoms with E-state index >= 15 is 0 Å². The number of nitrogens with zero attached hydrogens (tertiary/aromatic N) is 2. The third-order valence-electron chi connectivity index (χ3n) is 5.22. The predicted molar refractivity (Wildman–Crippen MR) is 96.8 cm³/mol. The number of hydrogen-bond acceptors (Lipinski definition) is 4. The van der Waals surface area contributed by atoms with Gasteiger partial charge in [0.1, 0.15) is 5.57 Å². The first kappa shape index (κ1) is 18.0. The summed E-state index contributed by atoms with van der Waals surface area (Å²) >= 11 is 0. The molecule has 138 valence electrons. The Morgan fingerprint density at radius 1 is 1.31 bits per heavy atom. The van der Waals surface area contributed by atoms with Crippen molar-refractivity contribution in [2.75, 3.05) is 18.6 Å². The minimum absolute atomic E-state index is 0.0229. The van der Waals surface area contributed by atoms with Gasteiger partial charge in [0.05, 0.1) is 12.2 Å². The van der Waals surface area contributed by atoms with Crippen molar-refractivity contribution in [1.82, 2.24) is 10.2 Å². The van der Waals surface area contributed by atoms with Gasteiger partial charge in [0.2, 0.25) is 0 Å². The highest BCUT2D eigenvalue weighted by atomic mass is 16.4. The molecule has 2 saturated heterocycles. The zero-order chi connectivity index (χ0) is 19.0. The number of carboxylic acid groups (broad SMARTS) is 1. The van der Waals surface area contributed by atoms with Crippen LogP contribution in [0.3, 0.4) is 0 Å². The Kier molecular flexibility index (Phi) is 4.71. The van der Waals surface area contributed by atoms with E-state index in [4.69, 9.17) is 0 Å². The average molecular weight is 357 g/mol. The summed E-state index contributed by atoms with van der Waals surface area (Å²) in [5.74, 6) is -1.54. The van der Waals surface area contributed by atoms with Gasteiger partial charge in [-0.3, -0.25) is 9.59 Å². The van der Waals surface area contributed by atoms with Gasteiger partial charge >= 0.3 is 5.97 Å². The number of hydrogen-bond donors (Lipinski definition) is 2. The minimum Gasteiger partial charge on any atom is -0.478 e. The number of benzene rings is 1. The summed E-state index contributed by atoms with van der Waals surface area (Å²) in [5, 5.41) is 11.9. The fourth-order valence-corrected chi connectivity index (χ4v) is 3.83. The lowest BCUT2D eigenvalue weighted by Gasteiger charge is -2.30. The highest BCUT2D eigenvalue weighted by Crippen LogP contribution is 2.36. The van der Waals surface area contributed by atoms with Gasteiger partial charge in [-0.15, -0.1) is 0 Å². The number of nitrogens with one attached hydrogen (secondary N) is 1. The van der Waals surface area contributed by atoms with E-state index in [-0.39, 0.29) is 47.6 Å². The third kappa shape index (κ3) is 3.16. The number of carboxylic acids is 1. The van der Waals surface area contributed by atoms with E-state index in [0.717, 1.165) is 12.1 Å². The van der Waals surface area contributed by atoms with Gasteiger partial charge in [0.15, 0.2) is 0 Å². The number of likely N-dealkylation sites (N-methyl/N-ethyl adjacent to an activating group) is 1. The van der Waals surface area contributed by atoms with Gasteiger partial charge in [-0.1, -0.05) is 12.1 Å². The number of aromatic carboxylic acids is 1. The van der Waals surface area contributed by atoms with Crippen molar-refractivity contribution in [2.24, 2.45) is 5.92 Å². The lowest BCUT2D eigenvalue weighted by molar-refractivity contribution is -0.133. The Balaban J connectivity index is 1.88. The van der Waals surface area contributed by atoms with Crippen molar-refractivity contribution in [3.05, 3.63) is 41.5 Å². The van der Waals surface area contributed by atoms with Crippen molar-refractivity contribution in [1.29, 1.82) is 0 Å². The first-order valence-electron chi connectivity index (χ1n) is 8.66. The van der Waals surface area contributed by atoms with Gasteiger partial charge in [-0.2, -0.15) is 0 Å². The smallest absolute Gasteiger partial charge is 0.335 e. The lowest BCUT2D eigenvalue weighted by Crippen LogP contribution is -2.48. The van der Waals surface area contributed by atoms with Crippen LogP contribution in [0.25, 0.3) is 0 Å². The Hall–Kier alpha value is -2.83. The first-order chi connectivity index (χ1) is 12.3. The summed E-state index contributed by atoms with van der Waals surface area (Å²) < 4.78 is 0. The summed E-state index contributed by atoms with van der Waals surface area (Å²) in [4.78, 5) is 39.3. The fraction of sp³-hybridized carbons (Fsp3) is 0.421. The molecule has 2 amide bonds. The number of rotatable bonds is 3. The number of amides is 2. The Morgan fingerprint density at radius 2 is 2.04 bits per heavy atom. The molecule has 3 rings (SSSR count). The molecule has 7 heteroatoms. The Labute approximate surface area is 152 Å². The molecule has 0 radical (unpaired) electrons. The molecule has 3 unspecified atom stereocenters. The fourth-order valence-electron chi connectivity index (χ4n) is 3.83. The summed E-state index contributed by atoms with van der Waals surface area (Å²) in [5.41, 5.74) is 1.26. The highest BCUT2D eigenvalue weighted by Gasteiger charge is 2.37. The zero-order valence-electron chi connectivity index (χ0n) is 15.1. The normalized spacial score (nSPS) is 27.8. The van der Waals surface area contributed by atoms with Gasteiger partial charge < -0.3 is 20.2 Å². The van der Waals surface area contributed by atoms with E-state index in [0.29, 0.717) is 0 Å². The van der Waals surface area contributed by atoms with Crippen LogP contribution in [0.4, 0.5) is 5.69 Å². The molecule has 2 N–H and O–H groups in total. The van der Waals surface area contributed by atoms with Crippen molar-refractivity contribution in [3.63, 3.8) is 0 Å². The van der Waals surface area contributed by atoms with E-state index in [1.807, 2.05) is 13.0 Å². The standard InChI is InChI=1S/C19H23N3O4/c1-11-7-14(9-16-17(23)20-10-21(3)18(16)24)12(2)22(11)15-6-4-5-13(8-15)19(25)26/h4-6,8-9,11-12,14H,7,10H2,1-3H3,(H,20,23)(H,25,26)/b16-9+. The van der Waals surface area contributed by atoms with E-state index in [1.54, 1.807) is 31.3 Å². The van der Waals surface area contributed by atoms with E-state index in [1.165, 1.54) is 4.90 Å². The van der Waals surface area contributed by atoms with Crippen LogP contribution in [-0.4, -0.2) is 53.6 Å². The lowest BCUT2D eigenvalue weighted by atomic mass is 9.96. The van der Waals surface area contributed by atoms with Crippen molar-refractivity contribution in [3.8, 4) is 0 Å². The molecule has 1 aromatic rings. The van der Waals surface area contributed by atoms with Crippen LogP contribution in [-0.2, 0) is 9.59 Å². The SMILES string of the molecule is CC1CC(/C=C2\C(=O)NCN(C)C2=O)C(C)N1c1cccc(C(=O)O)c1. The molecule has 0 spiro atoms. The molecule has 2 aliphatic heterocycles. The minimum atomic E-state index is -0.961. The quantitative estimate of drug-likeness (QED) is 0.631. The second-order valence-corrected chi connectivity index (χ2v) is 7.00. The number of carbonyl (C=O) groups is 3.